The molecule has 1 atom stereocenters. The standard InChI is InChI=1S/C30H29ClN4O2/c1-21(22-9-3-2-4-10-22)33-30(36)28-20-37-29(34-28)19-35(18-24-11-5-7-13-26(24)31)16-15-23-17-32-27-14-8-6-12-25(23)27/h2-14,17,20-21,32H,15-16,18-19H2,1H3,(H,33,36)/t21-/m0/s1. The minimum Gasteiger partial charge on any atom is -0.447 e. The number of rotatable bonds is 10. The van der Waals surface area contributed by atoms with Gasteiger partial charge in [0.2, 0.25) is 5.89 Å². The molecule has 6 nitrogen and oxygen atoms in total. The van der Waals surface area contributed by atoms with Crippen molar-refractivity contribution in [2.24, 2.45) is 0 Å². The number of H-pyrrole nitrogens is 1. The monoisotopic (exact) mass is 512 g/mol. The summed E-state index contributed by atoms with van der Waals surface area (Å²) >= 11 is 6.47. The third-order valence-corrected chi connectivity index (χ3v) is 6.88. The lowest BCUT2D eigenvalue weighted by Gasteiger charge is -2.21. The molecule has 0 aliphatic heterocycles. The van der Waals surface area contributed by atoms with E-state index in [4.69, 9.17) is 16.0 Å². The second-order valence-electron chi connectivity index (χ2n) is 9.14. The van der Waals surface area contributed by atoms with E-state index in [0.717, 1.165) is 34.6 Å². The van der Waals surface area contributed by atoms with E-state index in [2.05, 4.69) is 44.6 Å². The van der Waals surface area contributed by atoms with E-state index in [0.29, 0.717) is 19.0 Å². The molecule has 0 saturated heterocycles. The van der Waals surface area contributed by atoms with Gasteiger partial charge in [0.25, 0.3) is 5.91 Å². The summed E-state index contributed by atoms with van der Waals surface area (Å²) in [5.74, 6) is 0.228. The number of carbonyl (C=O) groups excluding carboxylic acids is 1. The Labute approximate surface area is 221 Å². The lowest BCUT2D eigenvalue weighted by molar-refractivity contribution is 0.0934. The highest BCUT2D eigenvalue weighted by Gasteiger charge is 2.18. The fourth-order valence-corrected chi connectivity index (χ4v) is 4.67. The van der Waals surface area contributed by atoms with Crippen LogP contribution in [0.1, 0.15) is 46.0 Å². The Hall–Kier alpha value is -3.87. The van der Waals surface area contributed by atoms with E-state index < -0.39 is 0 Å². The van der Waals surface area contributed by atoms with Crippen LogP contribution in [0.5, 0.6) is 0 Å². The number of amides is 1. The van der Waals surface area contributed by atoms with Crippen LogP contribution in [0.2, 0.25) is 5.02 Å². The van der Waals surface area contributed by atoms with Crippen LogP contribution in [0, 0.1) is 0 Å². The second-order valence-corrected chi connectivity index (χ2v) is 9.55. The van der Waals surface area contributed by atoms with Crippen molar-refractivity contribution in [1.29, 1.82) is 0 Å². The Kier molecular flexibility index (Phi) is 7.68. The number of nitrogens with one attached hydrogen (secondary N) is 2. The molecule has 0 fully saturated rings. The average molecular weight is 513 g/mol. The molecule has 5 aromatic rings. The number of para-hydroxylation sites is 1. The predicted molar refractivity (Wildman–Crippen MR) is 146 cm³/mol. The minimum absolute atomic E-state index is 0.137. The highest BCUT2D eigenvalue weighted by atomic mass is 35.5. The molecule has 0 saturated carbocycles. The highest BCUT2D eigenvalue weighted by Crippen LogP contribution is 2.22. The molecule has 0 bridgehead atoms. The summed E-state index contributed by atoms with van der Waals surface area (Å²) in [5.41, 5.74) is 4.71. The van der Waals surface area contributed by atoms with Crippen LogP contribution in [0.25, 0.3) is 10.9 Å². The predicted octanol–water partition coefficient (Wildman–Crippen LogP) is 6.55. The highest BCUT2D eigenvalue weighted by molar-refractivity contribution is 6.31. The van der Waals surface area contributed by atoms with Gasteiger partial charge in [0.15, 0.2) is 5.69 Å². The van der Waals surface area contributed by atoms with Crippen LogP contribution < -0.4 is 5.32 Å². The number of aromatic nitrogens is 2. The Balaban J connectivity index is 1.29. The van der Waals surface area contributed by atoms with Crippen LogP contribution in [0.15, 0.2) is 95.7 Å². The summed E-state index contributed by atoms with van der Waals surface area (Å²) in [5, 5.41) is 4.94. The fourth-order valence-electron chi connectivity index (χ4n) is 4.47. The third-order valence-electron chi connectivity index (χ3n) is 6.51. The van der Waals surface area contributed by atoms with Gasteiger partial charge in [-0.3, -0.25) is 9.69 Å². The zero-order chi connectivity index (χ0) is 25.6. The molecule has 0 unspecified atom stereocenters. The van der Waals surface area contributed by atoms with E-state index >= 15 is 0 Å². The molecule has 2 aromatic heterocycles. The van der Waals surface area contributed by atoms with Gasteiger partial charge in [-0.25, -0.2) is 4.98 Å². The zero-order valence-electron chi connectivity index (χ0n) is 20.7. The maximum absolute atomic E-state index is 12.8. The number of carbonyl (C=O) groups is 1. The molecule has 2 N–H and O–H groups in total. The van der Waals surface area contributed by atoms with Gasteiger partial charge in [-0.05, 0) is 42.2 Å². The summed E-state index contributed by atoms with van der Waals surface area (Å²) in [6, 6.07) is 25.8. The van der Waals surface area contributed by atoms with Gasteiger partial charge in [-0.1, -0.05) is 78.3 Å². The Morgan fingerprint density at radius 2 is 1.76 bits per heavy atom. The van der Waals surface area contributed by atoms with E-state index in [1.165, 1.54) is 17.2 Å². The van der Waals surface area contributed by atoms with Gasteiger partial charge >= 0.3 is 0 Å². The smallest absolute Gasteiger partial charge is 0.273 e. The topological polar surface area (TPSA) is 74.2 Å². The molecule has 2 heterocycles. The van der Waals surface area contributed by atoms with E-state index in [1.54, 1.807) is 0 Å². The Morgan fingerprint density at radius 1 is 1.00 bits per heavy atom. The van der Waals surface area contributed by atoms with E-state index in [9.17, 15) is 4.79 Å². The van der Waals surface area contributed by atoms with Gasteiger partial charge in [0.1, 0.15) is 6.26 Å². The summed E-state index contributed by atoms with van der Waals surface area (Å²) in [6.45, 7) is 3.80. The third kappa shape index (κ3) is 6.10. The number of oxazole rings is 1. The molecule has 7 heteroatoms. The maximum atomic E-state index is 12.8. The maximum Gasteiger partial charge on any atom is 0.273 e. The molecule has 188 valence electrons. The summed E-state index contributed by atoms with van der Waals surface area (Å²) in [4.78, 5) is 22.9. The van der Waals surface area contributed by atoms with Gasteiger partial charge in [0, 0.05) is 35.2 Å². The summed E-state index contributed by atoms with van der Waals surface area (Å²) in [6.07, 6.45) is 4.34. The van der Waals surface area contributed by atoms with E-state index in [-0.39, 0.29) is 17.6 Å². The molecule has 0 radical (unpaired) electrons. The number of hydrogen-bond acceptors (Lipinski definition) is 4. The molecule has 1 amide bonds. The largest absolute Gasteiger partial charge is 0.447 e. The van der Waals surface area contributed by atoms with Gasteiger partial charge in [0.05, 0.1) is 12.6 Å². The van der Waals surface area contributed by atoms with E-state index in [1.807, 2.05) is 67.6 Å². The van der Waals surface area contributed by atoms with Gasteiger partial charge in [-0.2, -0.15) is 0 Å². The molecular formula is C30H29ClN4O2. The van der Waals surface area contributed by atoms with Crippen molar-refractivity contribution in [3.05, 3.63) is 125 Å². The number of aromatic amines is 1. The van der Waals surface area contributed by atoms with Crippen molar-refractivity contribution in [1.82, 2.24) is 20.2 Å². The van der Waals surface area contributed by atoms with Crippen molar-refractivity contribution < 1.29 is 9.21 Å². The second kappa shape index (κ2) is 11.5. The average Bonchev–Trinajstić information content (AvgIpc) is 3.56. The lowest BCUT2D eigenvalue weighted by Crippen LogP contribution is -2.27. The zero-order valence-corrected chi connectivity index (χ0v) is 21.4. The van der Waals surface area contributed by atoms with Crippen LogP contribution >= 0.6 is 11.6 Å². The number of nitrogens with zero attached hydrogens (tertiary/aromatic N) is 2. The SMILES string of the molecule is C[C@H](NC(=O)c1coc(CN(CCc2c[nH]c3ccccc23)Cc2ccccc2Cl)n1)c1ccccc1. The molecule has 3 aromatic carbocycles. The first-order valence-corrected chi connectivity index (χ1v) is 12.8. The van der Waals surface area contributed by atoms with Crippen LogP contribution in [0.4, 0.5) is 0 Å². The normalized spacial score (nSPS) is 12.2. The number of fused-ring (bicyclic) bond motifs is 1. The molecule has 0 aliphatic rings. The fraction of sp³-hybridized carbons (Fsp3) is 0.200. The summed E-state index contributed by atoms with van der Waals surface area (Å²) in [7, 11) is 0. The number of halogens is 1. The molecule has 0 aliphatic carbocycles. The first-order chi connectivity index (χ1) is 18.1. The lowest BCUT2D eigenvalue weighted by atomic mass is 10.1. The molecule has 37 heavy (non-hydrogen) atoms. The summed E-state index contributed by atoms with van der Waals surface area (Å²) < 4.78 is 5.73. The number of hydrogen-bond donors (Lipinski definition) is 2. The molecule has 5 rings (SSSR count). The minimum atomic E-state index is -0.261. The first-order valence-electron chi connectivity index (χ1n) is 12.4. The molecular weight excluding hydrogens is 484 g/mol. The first kappa shape index (κ1) is 24.8. The van der Waals surface area contributed by atoms with Crippen molar-refractivity contribution in [2.75, 3.05) is 6.54 Å². The quantitative estimate of drug-likeness (QED) is 0.222. The van der Waals surface area contributed by atoms with Crippen LogP contribution in [-0.4, -0.2) is 27.3 Å². The van der Waals surface area contributed by atoms with Crippen molar-refractivity contribution in [2.45, 2.75) is 32.5 Å². The van der Waals surface area contributed by atoms with Crippen molar-refractivity contribution >= 4 is 28.4 Å². The number of benzene rings is 3. The molecule has 0 spiro atoms. The van der Waals surface area contributed by atoms with Crippen LogP contribution in [0.3, 0.4) is 0 Å². The Morgan fingerprint density at radius 3 is 2.59 bits per heavy atom. The van der Waals surface area contributed by atoms with Crippen molar-refractivity contribution in [3.8, 4) is 0 Å². The van der Waals surface area contributed by atoms with Gasteiger partial charge in [-0.15, -0.1) is 0 Å². The van der Waals surface area contributed by atoms with Gasteiger partial charge < -0.3 is 14.7 Å². The van der Waals surface area contributed by atoms with Crippen LogP contribution in [-0.2, 0) is 19.5 Å². The van der Waals surface area contributed by atoms with Crippen molar-refractivity contribution in [3.63, 3.8) is 0 Å². The Bertz CT molecular complexity index is 1480.